The Morgan fingerprint density at radius 2 is 1.72 bits per heavy atom. The number of halogens is 2. The Bertz CT molecular complexity index is 883. The number of carbonyl (C=O) groups is 1. The summed E-state index contributed by atoms with van der Waals surface area (Å²) in [7, 11) is -2.24. The summed E-state index contributed by atoms with van der Waals surface area (Å²) in [5.41, 5.74) is 1.19. The number of rotatable bonds is 5. The number of nitrogens with one attached hydrogen (secondary N) is 1. The van der Waals surface area contributed by atoms with Crippen molar-refractivity contribution in [2.45, 2.75) is 24.8 Å². The first kappa shape index (κ1) is 19.7. The third-order valence-corrected chi connectivity index (χ3v) is 6.31. The quantitative estimate of drug-likeness (QED) is 0.811. The van der Waals surface area contributed by atoms with Crippen molar-refractivity contribution >= 4 is 44.8 Å². The molecule has 5 nitrogen and oxygen atoms in total. The molecule has 0 unspecified atom stereocenters. The molecule has 0 saturated heterocycles. The highest BCUT2D eigenvalue weighted by Crippen LogP contribution is 2.32. The van der Waals surface area contributed by atoms with Crippen LogP contribution in [0.3, 0.4) is 0 Å². The lowest BCUT2D eigenvalue weighted by Crippen LogP contribution is -2.30. The Morgan fingerprint density at radius 1 is 1.12 bits per heavy atom. The Hall–Kier alpha value is -1.60. The summed E-state index contributed by atoms with van der Waals surface area (Å²) in [6.45, 7) is 3.13. The van der Waals surface area contributed by atoms with Crippen molar-refractivity contribution in [3.63, 3.8) is 0 Å². The molecule has 0 heterocycles. The second-order valence-electron chi connectivity index (χ2n) is 5.57. The molecule has 1 amide bonds. The van der Waals surface area contributed by atoms with Crippen LogP contribution in [0.4, 0.5) is 5.69 Å². The Morgan fingerprint density at radius 3 is 2.24 bits per heavy atom. The second kappa shape index (κ2) is 7.74. The fourth-order valence-corrected chi connectivity index (χ4v) is 4.23. The molecule has 1 atom stereocenters. The van der Waals surface area contributed by atoms with Gasteiger partial charge in [0.05, 0.1) is 4.90 Å². The third-order valence-electron chi connectivity index (χ3n) is 3.81. The molecule has 2 aromatic rings. The molecule has 134 valence electrons. The van der Waals surface area contributed by atoms with Crippen LogP contribution in [-0.4, -0.2) is 25.7 Å². The summed E-state index contributed by atoms with van der Waals surface area (Å²) in [6.07, 6.45) is 0. The smallest absolute Gasteiger partial charge is 0.243 e. The van der Waals surface area contributed by atoms with Gasteiger partial charge >= 0.3 is 0 Å². The number of benzene rings is 2. The zero-order valence-corrected chi connectivity index (χ0v) is 16.3. The largest absolute Gasteiger partial charge is 0.326 e. The minimum Gasteiger partial charge on any atom is -0.326 e. The predicted molar refractivity (Wildman–Crippen MR) is 101 cm³/mol. The van der Waals surface area contributed by atoms with Gasteiger partial charge in [0.25, 0.3) is 0 Å². The predicted octanol–water partition coefficient (Wildman–Crippen LogP) is 4.33. The van der Waals surface area contributed by atoms with Gasteiger partial charge in [0.2, 0.25) is 15.9 Å². The van der Waals surface area contributed by atoms with Crippen LogP contribution in [0.25, 0.3) is 0 Å². The van der Waals surface area contributed by atoms with Crippen LogP contribution >= 0.6 is 23.2 Å². The minimum absolute atomic E-state index is 0.126. The fraction of sp³-hybridized carbons (Fsp3) is 0.235. The fourth-order valence-electron chi connectivity index (χ4n) is 2.32. The van der Waals surface area contributed by atoms with Gasteiger partial charge in [0.1, 0.15) is 0 Å². The molecule has 0 fully saturated rings. The molecule has 0 bridgehead atoms. The van der Waals surface area contributed by atoms with E-state index >= 15 is 0 Å². The average Bonchev–Trinajstić information content (AvgIpc) is 2.53. The van der Waals surface area contributed by atoms with E-state index in [1.54, 1.807) is 37.3 Å². The summed E-state index contributed by atoms with van der Waals surface area (Å²) in [5, 5.41) is 3.49. The Kier molecular flexibility index (Phi) is 6.11. The molecule has 0 aromatic heterocycles. The minimum atomic E-state index is -3.73. The molecule has 2 aromatic carbocycles. The van der Waals surface area contributed by atoms with Crippen molar-refractivity contribution in [2.75, 3.05) is 12.4 Å². The first-order valence-electron chi connectivity index (χ1n) is 7.43. The standard InChI is InChI=1S/C17H18Cl2N2O3S/c1-11(16-9-4-13(18)10-17(16)19)21(3)25(23,24)15-7-5-14(6-8-15)20-12(2)22/h4-11H,1-3H3,(H,20,22)/t11-/m0/s1. The van der Waals surface area contributed by atoms with Gasteiger partial charge < -0.3 is 5.32 Å². The van der Waals surface area contributed by atoms with Gasteiger partial charge in [-0.15, -0.1) is 0 Å². The number of sulfonamides is 1. The van der Waals surface area contributed by atoms with Crippen LogP contribution in [0.15, 0.2) is 47.4 Å². The molecule has 0 aliphatic heterocycles. The van der Waals surface area contributed by atoms with E-state index in [0.29, 0.717) is 21.3 Å². The van der Waals surface area contributed by atoms with Crippen LogP contribution in [0.5, 0.6) is 0 Å². The van der Waals surface area contributed by atoms with Crippen molar-refractivity contribution in [3.05, 3.63) is 58.1 Å². The molecule has 8 heteroatoms. The monoisotopic (exact) mass is 400 g/mol. The van der Waals surface area contributed by atoms with E-state index in [1.165, 1.54) is 30.4 Å². The molecule has 0 aliphatic carbocycles. The summed E-state index contributed by atoms with van der Waals surface area (Å²) < 4.78 is 26.9. The van der Waals surface area contributed by atoms with Crippen molar-refractivity contribution in [3.8, 4) is 0 Å². The van der Waals surface area contributed by atoms with E-state index in [1.807, 2.05) is 0 Å². The maximum atomic E-state index is 12.8. The zero-order chi connectivity index (χ0) is 18.8. The van der Waals surface area contributed by atoms with Crippen molar-refractivity contribution in [1.82, 2.24) is 4.31 Å². The van der Waals surface area contributed by atoms with Crippen LogP contribution in [-0.2, 0) is 14.8 Å². The number of anilines is 1. The van der Waals surface area contributed by atoms with E-state index in [9.17, 15) is 13.2 Å². The van der Waals surface area contributed by atoms with Crippen molar-refractivity contribution < 1.29 is 13.2 Å². The normalized spacial score (nSPS) is 12.9. The molecule has 0 radical (unpaired) electrons. The average molecular weight is 401 g/mol. The van der Waals surface area contributed by atoms with Gasteiger partial charge in [-0.3, -0.25) is 4.79 Å². The maximum Gasteiger partial charge on any atom is 0.243 e. The van der Waals surface area contributed by atoms with E-state index in [-0.39, 0.29) is 10.8 Å². The number of hydrogen-bond donors (Lipinski definition) is 1. The van der Waals surface area contributed by atoms with Crippen molar-refractivity contribution in [1.29, 1.82) is 0 Å². The van der Waals surface area contributed by atoms with Gasteiger partial charge in [-0.1, -0.05) is 29.3 Å². The molecule has 1 N–H and O–H groups in total. The molecular weight excluding hydrogens is 383 g/mol. The Labute approximate surface area is 157 Å². The molecule has 2 rings (SSSR count). The van der Waals surface area contributed by atoms with Gasteiger partial charge in [-0.05, 0) is 48.9 Å². The summed E-state index contributed by atoms with van der Waals surface area (Å²) in [5.74, 6) is -0.223. The van der Waals surface area contributed by atoms with Crippen LogP contribution in [0, 0.1) is 0 Å². The summed E-state index contributed by atoms with van der Waals surface area (Å²) >= 11 is 12.1. The summed E-state index contributed by atoms with van der Waals surface area (Å²) in [4.78, 5) is 11.2. The lowest BCUT2D eigenvalue weighted by Gasteiger charge is -2.25. The van der Waals surface area contributed by atoms with Crippen LogP contribution < -0.4 is 5.32 Å². The number of nitrogens with zero attached hydrogens (tertiary/aromatic N) is 1. The first-order valence-corrected chi connectivity index (χ1v) is 9.63. The van der Waals surface area contributed by atoms with E-state index in [4.69, 9.17) is 23.2 Å². The first-order chi connectivity index (χ1) is 11.6. The summed E-state index contributed by atoms with van der Waals surface area (Å²) in [6, 6.07) is 10.5. The van der Waals surface area contributed by atoms with Crippen LogP contribution in [0.1, 0.15) is 25.5 Å². The van der Waals surface area contributed by atoms with Crippen LogP contribution in [0.2, 0.25) is 10.0 Å². The van der Waals surface area contributed by atoms with Crippen molar-refractivity contribution in [2.24, 2.45) is 0 Å². The highest BCUT2D eigenvalue weighted by Gasteiger charge is 2.27. The van der Waals surface area contributed by atoms with E-state index in [0.717, 1.165) is 0 Å². The topological polar surface area (TPSA) is 66.5 Å². The van der Waals surface area contributed by atoms with Gasteiger partial charge in [-0.2, -0.15) is 4.31 Å². The SMILES string of the molecule is CC(=O)Nc1ccc(S(=O)(=O)N(C)[C@@H](C)c2ccc(Cl)cc2Cl)cc1. The zero-order valence-electron chi connectivity index (χ0n) is 14.0. The van der Waals surface area contributed by atoms with Gasteiger partial charge in [-0.25, -0.2) is 8.42 Å². The van der Waals surface area contributed by atoms with E-state index in [2.05, 4.69) is 5.32 Å². The molecule has 0 aliphatic rings. The number of carbonyl (C=O) groups excluding carboxylic acids is 1. The second-order valence-corrected chi connectivity index (χ2v) is 8.41. The van der Waals surface area contributed by atoms with Gasteiger partial charge in [0.15, 0.2) is 0 Å². The lowest BCUT2D eigenvalue weighted by atomic mass is 10.1. The molecule has 0 saturated carbocycles. The molecular formula is C17H18Cl2N2O3S. The third kappa shape index (κ3) is 4.52. The number of hydrogen-bond acceptors (Lipinski definition) is 3. The van der Waals surface area contributed by atoms with Gasteiger partial charge in [0, 0.05) is 35.7 Å². The number of amides is 1. The maximum absolute atomic E-state index is 12.8. The Balaban J connectivity index is 2.30. The lowest BCUT2D eigenvalue weighted by molar-refractivity contribution is -0.114. The highest BCUT2D eigenvalue weighted by atomic mass is 35.5. The molecule has 0 spiro atoms. The van der Waals surface area contributed by atoms with E-state index < -0.39 is 16.1 Å². The molecule has 25 heavy (non-hydrogen) atoms. The highest BCUT2D eigenvalue weighted by molar-refractivity contribution is 7.89.